The SMILES string of the molecule is Cn1ncc2ccc(C(O)C(O)CO)cc21. The van der Waals surface area contributed by atoms with Crippen LogP contribution in [0.2, 0.25) is 0 Å². The van der Waals surface area contributed by atoms with Crippen LogP contribution in [-0.4, -0.2) is 37.8 Å². The van der Waals surface area contributed by atoms with Gasteiger partial charge in [0.2, 0.25) is 0 Å². The topological polar surface area (TPSA) is 78.5 Å². The van der Waals surface area contributed by atoms with Gasteiger partial charge in [0.15, 0.2) is 0 Å². The summed E-state index contributed by atoms with van der Waals surface area (Å²) in [6, 6.07) is 5.30. The molecule has 0 radical (unpaired) electrons. The van der Waals surface area contributed by atoms with Gasteiger partial charge in [-0.3, -0.25) is 4.68 Å². The van der Waals surface area contributed by atoms with E-state index < -0.39 is 18.8 Å². The minimum Gasteiger partial charge on any atom is -0.394 e. The zero-order chi connectivity index (χ0) is 11.7. The van der Waals surface area contributed by atoms with Crippen molar-refractivity contribution >= 4 is 10.9 Å². The maximum atomic E-state index is 9.74. The van der Waals surface area contributed by atoms with Gasteiger partial charge in [-0.2, -0.15) is 5.10 Å². The largest absolute Gasteiger partial charge is 0.394 e. The number of rotatable bonds is 3. The van der Waals surface area contributed by atoms with Crippen molar-refractivity contribution in [3.8, 4) is 0 Å². The van der Waals surface area contributed by atoms with Crippen molar-refractivity contribution in [2.75, 3.05) is 6.61 Å². The van der Waals surface area contributed by atoms with Crippen molar-refractivity contribution in [3.63, 3.8) is 0 Å². The number of aliphatic hydroxyl groups is 3. The highest BCUT2D eigenvalue weighted by atomic mass is 16.4. The van der Waals surface area contributed by atoms with Crippen LogP contribution in [0.1, 0.15) is 11.7 Å². The van der Waals surface area contributed by atoms with E-state index in [9.17, 15) is 10.2 Å². The standard InChI is InChI=1S/C11H14N2O3/c1-13-9-4-7(11(16)10(15)6-14)2-3-8(9)5-12-13/h2-5,10-11,14-16H,6H2,1H3. The Bertz CT molecular complexity index is 495. The lowest BCUT2D eigenvalue weighted by molar-refractivity contribution is -0.0152. The molecule has 2 unspecified atom stereocenters. The first-order chi connectivity index (χ1) is 7.63. The Labute approximate surface area is 92.6 Å². The quantitative estimate of drug-likeness (QED) is 0.681. The second kappa shape index (κ2) is 4.21. The van der Waals surface area contributed by atoms with E-state index in [1.54, 1.807) is 30.1 Å². The molecule has 3 N–H and O–H groups in total. The van der Waals surface area contributed by atoms with E-state index in [1.165, 1.54) is 0 Å². The van der Waals surface area contributed by atoms with Crippen LogP contribution in [0, 0.1) is 0 Å². The fourth-order valence-electron chi connectivity index (χ4n) is 1.67. The number of benzene rings is 1. The summed E-state index contributed by atoms with van der Waals surface area (Å²) in [6.07, 6.45) is -0.511. The van der Waals surface area contributed by atoms with Gasteiger partial charge in [-0.1, -0.05) is 12.1 Å². The first-order valence-corrected chi connectivity index (χ1v) is 5.02. The van der Waals surface area contributed by atoms with Crippen LogP contribution in [0.15, 0.2) is 24.4 Å². The van der Waals surface area contributed by atoms with Crippen molar-refractivity contribution in [2.45, 2.75) is 12.2 Å². The summed E-state index contributed by atoms with van der Waals surface area (Å²) in [7, 11) is 1.81. The van der Waals surface area contributed by atoms with Crippen LogP contribution in [0.3, 0.4) is 0 Å². The van der Waals surface area contributed by atoms with E-state index in [2.05, 4.69) is 5.10 Å². The highest BCUT2D eigenvalue weighted by Crippen LogP contribution is 2.21. The molecule has 2 atom stereocenters. The predicted molar refractivity (Wildman–Crippen MR) is 58.8 cm³/mol. The Morgan fingerprint density at radius 3 is 2.81 bits per heavy atom. The first-order valence-electron chi connectivity index (χ1n) is 5.02. The number of aromatic nitrogens is 2. The van der Waals surface area contributed by atoms with Gasteiger partial charge in [0.1, 0.15) is 12.2 Å². The molecule has 16 heavy (non-hydrogen) atoms. The molecule has 86 valence electrons. The van der Waals surface area contributed by atoms with Crippen molar-refractivity contribution in [1.82, 2.24) is 9.78 Å². The molecule has 0 aliphatic carbocycles. The zero-order valence-corrected chi connectivity index (χ0v) is 8.91. The lowest BCUT2D eigenvalue weighted by atomic mass is 10.0. The molecule has 0 saturated heterocycles. The third kappa shape index (κ3) is 1.80. The second-order valence-corrected chi connectivity index (χ2v) is 3.78. The third-order valence-electron chi connectivity index (χ3n) is 2.67. The van der Waals surface area contributed by atoms with E-state index in [0.29, 0.717) is 5.56 Å². The van der Waals surface area contributed by atoms with Gasteiger partial charge in [-0.05, 0) is 11.6 Å². The van der Waals surface area contributed by atoms with E-state index in [0.717, 1.165) is 10.9 Å². The van der Waals surface area contributed by atoms with Crippen LogP contribution in [0.25, 0.3) is 10.9 Å². The van der Waals surface area contributed by atoms with Gasteiger partial charge in [-0.15, -0.1) is 0 Å². The molecule has 5 heteroatoms. The highest BCUT2D eigenvalue weighted by molar-refractivity contribution is 5.79. The van der Waals surface area contributed by atoms with Crippen LogP contribution >= 0.6 is 0 Å². The first kappa shape index (κ1) is 11.1. The average Bonchev–Trinajstić information content (AvgIpc) is 2.68. The zero-order valence-electron chi connectivity index (χ0n) is 8.91. The molecule has 5 nitrogen and oxygen atoms in total. The maximum absolute atomic E-state index is 9.74. The van der Waals surface area contributed by atoms with E-state index >= 15 is 0 Å². The third-order valence-corrected chi connectivity index (χ3v) is 2.67. The molecule has 2 rings (SSSR count). The van der Waals surface area contributed by atoms with Gasteiger partial charge >= 0.3 is 0 Å². The highest BCUT2D eigenvalue weighted by Gasteiger charge is 2.17. The van der Waals surface area contributed by atoms with Gasteiger partial charge in [0, 0.05) is 12.4 Å². The molecule has 0 aliphatic rings. The summed E-state index contributed by atoms with van der Waals surface area (Å²) in [5, 5.41) is 32.9. The lowest BCUT2D eigenvalue weighted by Gasteiger charge is -2.15. The molecule has 0 aliphatic heterocycles. The fourth-order valence-corrected chi connectivity index (χ4v) is 1.67. The van der Waals surface area contributed by atoms with Gasteiger partial charge < -0.3 is 15.3 Å². The predicted octanol–water partition coefficient (Wildman–Crippen LogP) is -0.0401. The Balaban J connectivity index is 2.41. The number of fused-ring (bicyclic) bond motifs is 1. The molecular formula is C11H14N2O3. The summed E-state index contributed by atoms with van der Waals surface area (Å²) in [6.45, 7) is -0.468. The molecule has 1 aromatic carbocycles. The molecule has 0 saturated carbocycles. The van der Waals surface area contributed by atoms with E-state index in [4.69, 9.17) is 5.11 Å². The minimum atomic E-state index is -1.16. The fraction of sp³-hybridized carbons (Fsp3) is 0.364. The summed E-state index contributed by atoms with van der Waals surface area (Å²) < 4.78 is 1.69. The summed E-state index contributed by atoms with van der Waals surface area (Å²) in [5.41, 5.74) is 1.44. The van der Waals surface area contributed by atoms with Gasteiger partial charge in [0.25, 0.3) is 0 Å². The molecule has 1 heterocycles. The maximum Gasteiger partial charge on any atom is 0.107 e. The Hall–Kier alpha value is -1.43. The summed E-state index contributed by atoms with van der Waals surface area (Å²) in [4.78, 5) is 0. The number of hydrogen-bond donors (Lipinski definition) is 3. The van der Waals surface area contributed by atoms with Gasteiger partial charge in [-0.25, -0.2) is 0 Å². The van der Waals surface area contributed by atoms with Crippen LogP contribution < -0.4 is 0 Å². The van der Waals surface area contributed by atoms with Crippen molar-refractivity contribution in [2.24, 2.45) is 7.05 Å². The number of aryl methyl sites for hydroxylation is 1. The molecule has 1 aromatic heterocycles. The van der Waals surface area contributed by atoms with Crippen LogP contribution in [0.4, 0.5) is 0 Å². The second-order valence-electron chi connectivity index (χ2n) is 3.78. The van der Waals surface area contributed by atoms with Crippen molar-refractivity contribution < 1.29 is 15.3 Å². The summed E-state index contributed by atoms with van der Waals surface area (Å²) in [5.74, 6) is 0. The smallest absolute Gasteiger partial charge is 0.107 e. The average molecular weight is 222 g/mol. The molecule has 0 spiro atoms. The normalized spacial score (nSPS) is 15.2. The number of aliphatic hydroxyl groups excluding tert-OH is 3. The van der Waals surface area contributed by atoms with Crippen molar-refractivity contribution in [3.05, 3.63) is 30.0 Å². The molecular weight excluding hydrogens is 208 g/mol. The van der Waals surface area contributed by atoms with Crippen LogP contribution in [-0.2, 0) is 7.05 Å². The lowest BCUT2D eigenvalue weighted by Crippen LogP contribution is -2.21. The van der Waals surface area contributed by atoms with E-state index in [-0.39, 0.29) is 0 Å². The monoisotopic (exact) mass is 222 g/mol. The molecule has 2 aromatic rings. The Morgan fingerprint density at radius 2 is 2.12 bits per heavy atom. The number of hydrogen-bond acceptors (Lipinski definition) is 4. The molecule has 0 bridgehead atoms. The van der Waals surface area contributed by atoms with E-state index in [1.807, 2.05) is 6.07 Å². The number of nitrogens with zero attached hydrogens (tertiary/aromatic N) is 2. The van der Waals surface area contributed by atoms with Gasteiger partial charge in [0.05, 0.1) is 18.3 Å². The van der Waals surface area contributed by atoms with Crippen LogP contribution in [0.5, 0.6) is 0 Å². The Morgan fingerprint density at radius 1 is 1.38 bits per heavy atom. The summed E-state index contributed by atoms with van der Waals surface area (Å²) >= 11 is 0. The molecule has 0 amide bonds. The molecule has 0 fully saturated rings. The van der Waals surface area contributed by atoms with Crippen molar-refractivity contribution in [1.29, 1.82) is 0 Å². The minimum absolute atomic E-state index is 0.468. The Kier molecular flexibility index (Phi) is 2.91.